The third-order valence-electron chi connectivity index (χ3n) is 7.39. The zero-order valence-corrected chi connectivity index (χ0v) is 22.7. The summed E-state index contributed by atoms with van der Waals surface area (Å²) in [5.74, 6) is -2.49. The molecular formula is C27H39N3O8. The maximum Gasteiger partial charge on any atom is 0.408 e. The lowest BCUT2D eigenvalue weighted by Crippen LogP contribution is -2.58. The number of carbonyl (C=O) groups excluding carboxylic acids is 3. The van der Waals surface area contributed by atoms with Gasteiger partial charge in [-0.3, -0.25) is 0 Å². The predicted molar refractivity (Wildman–Crippen MR) is 139 cm³/mol. The summed E-state index contributed by atoms with van der Waals surface area (Å²) in [4.78, 5) is 42.4. The number of amidine groups is 1. The summed E-state index contributed by atoms with van der Waals surface area (Å²) in [6.45, 7) is 9.27. The number of benzene rings is 1. The third-order valence-corrected chi connectivity index (χ3v) is 7.39. The van der Waals surface area contributed by atoms with Gasteiger partial charge in [0.05, 0.1) is 25.3 Å². The molecule has 0 heterocycles. The lowest BCUT2D eigenvalue weighted by atomic mass is 9.62. The van der Waals surface area contributed by atoms with Gasteiger partial charge in [-0.05, 0) is 43.6 Å². The minimum atomic E-state index is -0.934. The topological polar surface area (TPSA) is 159 Å². The van der Waals surface area contributed by atoms with Crippen molar-refractivity contribution in [1.29, 1.82) is 0 Å². The SMILES string of the molecule is CCOC(=O)C=C(ON=C(N)C(NC(=O)OCc1ccccc1)[C@]1(C)CC[C@H](CO)C1(C)C)C(=O)OCC. The summed E-state index contributed by atoms with van der Waals surface area (Å²) < 4.78 is 15.2. The number of alkyl carbamates (subject to hydrolysis) is 1. The Morgan fingerprint density at radius 3 is 2.37 bits per heavy atom. The molecule has 3 atom stereocenters. The lowest BCUT2D eigenvalue weighted by molar-refractivity contribution is -0.144. The fraction of sp³-hybridized carbons (Fsp3) is 0.556. The summed E-state index contributed by atoms with van der Waals surface area (Å²) >= 11 is 0. The Morgan fingerprint density at radius 1 is 1.13 bits per heavy atom. The standard InChI is InChI=1S/C27H39N3O8/c1-6-35-21(32)15-20(24(33)36-7-2)38-30-23(28)22(27(5)14-13-19(16-31)26(27,3)4)29-25(34)37-17-18-11-9-8-10-12-18/h8-12,15,19,22,31H,6-7,13-14,16-17H2,1-5H3,(H2,28,30)(H,29,34)/t19-,22?,27+/m1/s1. The fourth-order valence-electron chi connectivity index (χ4n) is 4.67. The first-order valence-corrected chi connectivity index (χ1v) is 12.6. The molecular weight excluding hydrogens is 494 g/mol. The van der Waals surface area contributed by atoms with Gasteiger partial charge in [-0.1, -0.05) is 56.3 Å². The van der Waals surface area contributed by atoms with E-state index in [0.29, 0.717) is 12.8 Å². The molecule has 1 fully saturated rings. The van der Waals surface area contributed by atoms with Gasteiger partial charge in [0.25, 0.3) is 0 Å². The van der Waals surface area contributed by atoms with Gasteiger partial charge < -0.3 is 35.2 Å². The van der Waals surface area contributed by atoms with E-state index >= 15 is 0 Å². The smallest absolute Gasteiger partial charge is 0.408 e. The summed E-state index contributed by atoms with van der Waals surface area (Å²) in [7, 11) is 0. The van der Waals surface area contributed by atoms with Gasteiger partial charge in [0.15, 0.2) is 5.84 Å². The maximum absolute atomic E-state index is 12.9. The monoisotopic (exact) mass is 533 g/mol. The van der Waals surface area contributed by atoms with Crippen molar-refractivity contribution in [3.63, 3.8) is 0 Å². The number of nitrogens with zero attached hydrogens (tertiary/aromatic N) is 1. The molecule has 2 rings (SSSR count). The molecule has 1 unspecified atom stereocenters. The van der Waals surface area contributed by atoms with Crippen molar-refractivity contribution >= 4 is 23.9 Å². The Bertz CT molecular complexity index is 1020. The van der Waals surface area contributed by atoms with E-state index in [9.17, 15) is 19.5 Å². The van der Waals surface area contributed by atoms with Gasteiger partial charge >= 0.3 is 18.0 Å². The van der Waals surface area contributed by atoms with Crippen molar-refractivity contribution in [2.75, 3.05) is 19.8 Å². The first-order valence-electron chi connectivity index (χ1n) is 12.6. The Morgan fingerprint density at radius 2 is 1.79 bits per heavy atom. The molecule has 0 saturated heterocycles. The van der Waals surface area contributed by atoms with Gasteiger partial charge in [0.2, 0.25) is 5.76 Å². The van der Waals surface area contributed by atoms with Crippen molar-refractivity contribution in [2.45, 2.75) is 60.1 Å². The van der Waals surface area contributed by atoms with Gasteiger partial charge in [0, 0.05) is 12.0 Å². The second-order valence-electron chi connectivity index (χ2n) is 9.78. The second kappa shape index (κ2) is 13.8. The lowest BCUT2D eigenvalue weighted by Gasteiger charge is -2.46. The Kier molecular flexibility index (Phi) is 11.1. The third kappa shape index (κ3) is 7.47. The summed E-state index contributed by atoms with van der Waals surface area (Å²) in [6, 6.07) is 8.29. The number of amides is 1. The van der Waals surface area contributed by atoms with Crippen LogP contribution in [-0.2, 0) is 35.2 Å². The van der Waals surface area contributed by atoms with Crippen molar-refractivity contribution in [3.8, 4) is 0 Å². The highest BCUT2D eigenvalue weighted by Crippen LogP contribution is 2.57. The summed E-state index contributed by atoms with van der Waals surface area (Å²) in [5, 5.41) is 16.7. The summed E-state index contributed by atoms with van der Waals surface area (Å²) in [6.07, 6.45) is 1.39. The van der Waals surface area contributed by atoms with E-state index in [1.165, 1.54) is 0 Å². The average molecular weight is 534 g/mol. The molecule has 0 bridgehead atoms. The molecule has 11 heteroatoms. The summed E-state index contributed by atoms with van der Waals surface area (Å²) in [5.41, 5.74) is 6.00. The molecule has 1 aromatic carbocycles. The molecule has 0 radical (unpaired) electrons. The first-order chi connectivity index (χ1) is 18.0. The number of esters is 2. The van der Waals surface area contributed by atoms with Crippen LogP contribution in [0.1, 0.15) is 53.0 Å². The van der Waals surface area contributed by atoms with E-state index in [2.05, 4.69) is 10.5 Å². The molecule has 11 nitrogen and oxygen atoms in total. The molecule has 0 spiro atoms. The molecule has 1 aliphatic carbocycles. The molecule has 1 saturated carbocycles. The van der Waals surface area contributed by atoms with Crippen LogP contribution in [0.15, 0.2) is 47.3 Å². The largest absolute Gasteiger partial charge is 0.463 e. The number of oxime groups is 1. The van der Waals surface area contributed by atoms with Crippen LogP contribution in [0.2, 0.25) is 0 Å². The molecule has 1 aromatic rings. The zero-order chi connectivity index (χ0) is 28.3. The van der Waals surface area contributed by atoms with E-state index in [0.717, 1.165) is 11.6 Å². The van der Waals surface area contributed by atoms with Crippen LogP contribution in [0.5, 0.6) is 0 Å². The maximum atomic E-state index is 12.9. The van der Waals surface area contributed by atoms with Gasteiger partial charge in [-0.2, -0.15) is 0 Å². The highest BCUT2D eigenvalue weighted by atomic mass is 16.7. The Labute approximate surface area is 223 Å². The highest BCUT2D eigenvalue weighted by Gasteiger charge is 2.56. The van der Waals surface area contributed by atoms with Crippen LogP contribution in [0.4, 0.5) is 4.79 Å². The number of aliphatic hydroxyl groups is 1. The number of hydrogen-bond acceptors (Lipinski definition) is 9. The predicted octanol–water partition coefficient (Wildman–Crippen LogP) is 3.02. The number of ether oxygens (including phenoxy) is 3. The number of aliphatic hydroxyl groups excluding tert-OH is 1. The number of nitrogens with two attached hydrogens (primary N) is 1. The van der Waals surface area contributed by atoms with E-state index in [-0.39, 0.29) is 38.2 Å². The molecule has 38 heavy (non-hydrogen) atoms. The Balaban J connectivity index is 2.35. The number of rotatable bonds is 12. The van der Waals surface area contributed by atoms with Crippen LogP contribution in [0.3, 0.4) is 0 Å². The molecule has 1 amide bonds. The van der Waals surface area contributed by atoms with Crippen LogP contribution in [0.25, 0.3) is 0 Å². The van der Waals surface area contributed by atoms with E-state index in [1.54, 1.807) is 13.8 Å². The molecule has 0 aliphatic heterocycles. The van der Waals surface area contributed by atoms with E-state index in [1.807, 2.05) is 51.1 Å². The van der Waals surface area contributed by atoms with Crippen LogP contribution in [-0.4, -0.2) is 54.8 Å². The number of hydrogen-bond donors (Lipinski definition) is 3. The molecule has 210 valence electrons. The van der Waals surface area contributed by atoms with Crippen LogP contribution < -0.4 is 11.1 Å². The number of carbonyl (C=O) groups is 3. The highest BCUT2D eigenvalue weighted by molar-refractivity contribution is 5.95. The van der Waals surface area contributed by atoms with Crippen molar-refractivity contribution in [3.05, 3.63) is 47.7 Å². The van der Waals surface area contributed by atoms with E-state index in [4.69, 9.17) is 24.8 Å². The van der Waals surface area contributed by atoms with Crippen molar-refractivity contribution in [2.24, 2.45) is 27.6 Å². The normalized spacial score (nSPS) is 21.8. The number of nitrogens with one attached hydrogen (secondary N) is 1. The van der Waals surface area contributed by atoms with Gasteiger partial charge in [0.1, 0.15) is 6.61 Å². The second-order valence-corrected chi connectivity index (χ2v) is 9.78. The minimum Gasteiger partial charge on any atom is -0.463 e. The van der Waals surface area contributed by atoms with Crippen LogP contribution in [0, 0.1) is 16.7 Å². The van der Waals surface area contributed by atoms with Crippen molar-refractivity contribution in [1.82, 2.24) is 5.32 Å². The first kappa shape index (κ1) is 30.6. The zero-order valence-electron chi connectivity index (χ0n) is 22.7. The quantitative estimate of drug-likeness (QED) is 0.0698. The minimum absolute atomic E-state index is 0.0312. The molecule has 1 aliphatic rings. The van der Waals surface area contributed by atoms with Gasteiger partial charge in [-0.25, -0.2) is 14.4 Å². The molecule has 4 N–H and O–H groups in total. The van der Waals surface area contributed by atoms with Crippen LogP contribution >= 0.6 is 0 Å². The van der Waals surface area contributed by atoms with Crippen molar-refractivity contribution < 1.29 is 38.5 Å². The fourth-order valence-corrected chi connectivity index (χ4v) is 4.67. The Hall–Kier alpha value is -3.60. The average Bonchev–Trinajstić information content (AvgIpc) is 3.12. The van der Waals surface area contributed by atoms with Gasteiger partial charge in [-0.15, -0.1) is 0 Å². The molecule has 0 aromatic heterocycles. The van der Waals surface area contributed by atoms with E-state index < -0.39 is 40.7 Å².